The molecule has 2 fully saturated rings. The van der Waals surface area contributed by atoms with Crippen LogP contribution in [0.2, 0.25) is 0 Å². The van der Waals surface area contributed by atoms with E-state index in [4.69, 9.17) is 0 Å². The van der Waals surface area contributed by atoms with Crippen LogP contribution in [0.25, 0.3) is 0 Å². The van der Waals surface area contributed by atoms with Crippen LogP contribution in [0.15, 0.2) is 0 Å². The summed E-state index contributed by atoms with van der Waals surface area (Å²) in [6.07, 6.45) is 7.20. The summed E-state index contributed by atoms with van der Waals surface area (Å²) in [5.74, 6) is 0. The standard InChI is InChI=1S/C12H21NO/c1-11(2)7-8-12(3)6-4-5-10(11)13(12)9-14/h9-10H,4-8H2,1-3H3. The summed E-state index contributed by atoms with van der Waals surface area (Å²) in [4.78, 5) is 13.3. The van der Waals surface area contributed by atoms with Crippen LogP contribution in [0.5, 0.6) is 0 Å². The molecule has 2 aliphatic rings. The van der Waals surface area contributed by atoms with E-state index in [2.05, 4.69) is 25.7 Å². The number of rotatable bonds is 1. The van der Waals surface area contributed by atoms with Crippen LogP contribution in [-0.2, 0) is 4.79 Å². The number of hydrogen-bond acceptors (Lipinski definition) is 1. The van der Waals surface area contributed by atoms with Gasteiger partial charge in [0.2, 0.25) is 6.41 Å². The Hall–Kier alpha value is -0.530. The van der Waals surface area contributed by atoms with E-state index in [-0.39, 0.29) is 5.54 Å². The Balaban J connectivity index is 2.32. The van der Waals surface area contributed by atoms with Gasteiger partial charge in [-0.2, -0.15) is 0 Å². The van der Waals surface area contributed by atoms with Crippen LogP contribution in [0, 0.1) is 5.41 Å². The Morgan fingerprint density at radius 1 is 1.21 bits per heavy atom. The Morgan fingerprint density at radius 3 is 2.50 bits per heavy atom. The first-order chi connectivity index (χ1) is 6.49. The van der Waals surface area contributed by atoms with Crippen LogP contribution in [0.1, 0.15) is 52.9 Å². The van der Waals surface area contributed by atoms with Gasteiger partial charge in [0, 0.05) is 11.6 Å². The largest absolute Gasteiger partial charge is 0.336 e. The normalized spacial score (nSPS) is 40.8. The Bertz CT molecular complexity index is 249. The van der Waals surface area contributed by atoms with Crippen molar-refractivity contribution in [3.63, 3.8) is 0 Å². The molecule has 0 N–H and O–H groups in total. The van der Waals surface area contributed by atoms with E-state index >= 15 is 0 Å². The van der Waals surface area contributed by atoms with Crippen LogP contribution in [-0.4, -0.2) is 22.9 Å². The van der Waals surface area contributed by atoms with Gasteiger partial charge in [-0.3, -0.25) is 4.79 Å². The van der Waals surface area contributed by atoms with E-state index in [9.17, 15) is 4.79 Å². The molecular weight excluding hydrogens is 174 g/mol. The third-order valence-corrected chi connectivity index (χ3v) is 4.48. The summed E-state index contributed by atoms with van der Waals surface area (Å²) in [6.45, 7) is 6.86. The average molecular weight is 195 g/mol. The quantitative estimate of drug-likeness (QED) is 0.589. The van der Waals surface area contributed by atoms with Gasteiger partial charge in [0.25, 0.3) is 0 Å². The van der Waals surface area contributed by atoms with Gasteiger partial charge in [-0.05, 0) is 44.4 Å². The maximum atomic E-state index is 11.2. The summed E-state index contributed by atoms with van der Waals surface area (Å²) in [5, 5.41) is 0. The highest BCUT2D eigenvalue weighted by Crippen LogP contribution is 2.48. The number of fused-ring (bicyclic) bond motifs is 2. The highest BCUT2D eigenvalue weighted by atomic mass is 16.1. The number of carbonyl (C=O) groups excluding carboxylic acids is 1. The van der Waals surface area contributed by atoms with Crippen molar-refractivity contribution in [1.82, 2.24) is 4.90 Å². The van der Waals surface area contributed by atoms with Crippen LogP contribution in [0.4, 0.5) is 0 Å². The third-order valence-electron chi connectivity index (χ3n) is 4.48. The minimum absolute atomic E-state index is 0.167. The van der Waals surface area contributed by atoms with Gasteiger partial charge < -0.3 is 4.90 Å². The fourth-order valence-corrected chi connectivity index (χ4v) is 3.30. The van der Waals surface area contributed by atoms with E-state index in [1.807, 2.05) is 0 Å². The van der Waals surface area contributed by atoms with E-state index in [0.29, 0.717) is 11.5 Å². The predicted octanol–water partition coefficient (Wildman–Crippen LogP) is 2.58. The molecule has 2 nitrogen and oxygen atoms in total. The molecule has 2 heteroatoms. The minimum atomic E-state index is 0.167. The smallest absolute Gasteiger partial charge is 0.210 e. The van der Waals surface area contributed by atoms with Crippen molar-refractivity contribution >= 4 is 6.41 Å². The van der Waals surface area contributed by atoms with E-state index in [0.717, 1.165) is 6.41 Å². The van der Waals surface area contributed by atoms with Crippen LogP contribution < -0.4 is 0 Å². The third kappa shape index (κ3) is 1.27. The summed E-state index contributed by atoms with van der Waals surface area (Å²) in [7, 11) is 0. The zero-order valence-electron chi connectivity index (χ0n) is 9.55. The second-order valence-electron chi connectivity index (χ2n) is 5.91. The summed E-state index contributed by atoms with van der Waals surface area (Å²) in [5.41, 5.74) is 0.487. The van der Waals surface area contributed by atoms with E-state index in [1.165, 1.54) is 32.1 Å². The number of piperidine rings is 2. The lowest BCUT2D eigenvalue weighted by Gasteiger charge is -2.58. The van der Waals surface area contributed by atoms with Gasteiger partial charge >= 0.3 is 0 Å². The van der Waals surface area contributed by atoms with Gasteiger partial charge in [0.05, 0.1) is 0 Å². The van der Waals surface area contributed by atoms with Gasteiger partial charge in [-0.25, -0.2) is 0 Å². The number of carbonyl (C=O) groups is 1. The van der Waals surface area contributed by atoms with Crippen molar-refractivity contribution in [3.05, 3.63) is 0 Å². The molecule has 2 unspecified atom stereocenters. The monoisotopic (exact) mass is 195 g/mol. The molecule has 2 heterocycles. The van der Waals surface area contributed by atoms with E-state index in [1.54, 1.807) is 0 Å². The molecule has 0 aromatic rings. The zero-order valence-corrected chi connectivity index (χ0v) is 9.55. The van der Waals surface area contributed by atoms with Gasteiger partial charge in [0.1, 0.15) is 0 Å². The lowest BCUT2D eigenvalue weighted by molar-refractivity contribution is -0.143. The van der Waals surface area contributed by atoms with Crippen molar-refractivity contribution in [1.29, 1.82) is 0 Å². The number of amides is 1. The minimum Gasteiger partial charge on any atom is -0.336 e. The first-order valence-corrected chi connectivity index (χ1v) is 5.73. The molecule has 2 atom stereocenters. The SMILES string of the molecule is CC1(C)CCC2(C)CCCC1N2C=O. The fraction of sp³-hybridized carbons (Fsp3) is 0.917. The summed E-state index contributed by atoms with van der Waals surface area (Å²) >= 11 is 0. The number of nitrogens with zero attached hydrogens (tertiary/aromatic N) is 1. The van der Waals surface area contributed by atoms with Crippen molar-refractivity contribution < 1.29 is 4.79 Å². The summed E-state index contributed by atoms with van der Waals surface area (Å²) < 4.78 is 0. The highest BCUT2D eigenvalue weighted by molar-refractivity contribution is 5.51. The topological polar surface area (TPSA) is 20.3 Å². The Morgan fingerprint density at radius 2 is 1.93 bits per heavy atom. The molecule has 0 aromatic carbocycles. The first-order valence-electron chi connectivity index (χ1n) is 5.73. The van der Waals surface area contributed by atoms with Gasteiger partial charge in [0.15, 0.2) is 0 Å². The molecule has 0 aliphatic carbocycles. The average Bonchev–Trinajstić information content (AvgIpc) is 2.13. The maximum Gasteiger partial charge on any atom is 0.210 e. The van der Waals surface area contributed by atoms with Crippen molar-refractivity contribution in [2.24, 2.45) is 5.41 Å². The first kappa shape index (κ1) is 10.0. The molecule has 2 rings (SSSR count). The van der Waals surface area contributed by atoms with Crippen LogP contribution >= 0.6 is 0 Å². The zero-order chi connectivity index (χ0) is 10.4. The van der Waals surface area contributed by atoms with Gasteiger partial charge in [-0.15, -0.1) is 0 Å². The number of hydrogen-bond donors (Lipinski definition) is 0. The maximum absolute atomic E-state index is 11.2. The fourth-order valence-electron chi connectivity index (χ4n) is 3.30. The molecule has 80 valence electrons. The lowest BCUT2D eigenvalue weighted by atomic mass is 9.64. The van der Waals surface area contributed by atoms with Crippen LogP contribution in [0.3, 0.4) is 0 Å². The van der Waals surface area contributed by atoms with Crippen molar-refractivity contribution in [2.45, 2.75) is 64.5 Å². The second-order valence-corrected chi connectivity index (χ2v) is 5.91. The van der Waals surface area contributed by atoms with Crippen molar-refractivity contribution in [3.8, 4) is 0 Å². The molecule has 2 bridgehead atoms. The van der Waals surface area contributed by atoms with Gasteiger partial charge in [-0.1, -0.05) is 13.8 Å². The Labute approximate surface area is 86.7 Å². The molecule has 2 aliphatic heterocycles. The lowest BCUT2D eigenvalue weighted by Crippen LogP contribution is -2.62. The highest BCUT2D eigenvalue weighted by Gasteiger charge is 2.49. The summed E-state index contributed by atoms with van der Waals surface area (Å²) in [6, 6.07) is 0.479. The molecular formula is C12H21NO. The molecule has 0 spiro atoms. The second kappa shape index (κ2) is 2.98. The van der Waals surface area contributed by atoms with Crippen molar-refractivity contribution in [2.75, 3.05) is 0 Å². The predicted molar refractivity (Wildman–Crippen MR) is 57.0 cm³/mol. The Kier molecular flexibility index (Phi) is 2.13. The molecule has 1 amide bonds. The molecule has 0 aromatic heterocycles. The molecule has 0 radical (unpaired) electrons. The molecule has 14 heavy (non-hydrogen) atoms. The molecule has 2 saturated heterocycles. The van der Waals surface area contributed by atoms with E-state index < -0.39 is 0 Å². The molecule has 0 saturated carbocycles.